The summed E-state index contributed by atoms with van der Waals surface area (Å²) in [5.74, 6) is -2.47. The Balaban J connectivity index is 1.87. The molecule has 0 radical (unpaired) electrons. The maximum atomic E-state index is 13.3. The van der Waals surface area contributed by atoms with E-state index in [0.29, 0.717) is 12.8 Å². The molecule has 0 aromatic carbocycles. The van der Waals surface area contributed by atoms with E-state index in [-0.39, 0.29) is 24.3 Å². The van der Waals surface area contributed by atoms with Gasteiger partial charge in [0.05, 0.1) is 11.4 Å². The highest BCUT2D eigenvalue weighted by molar-refractivity contribution is 9.10. The van der Waals surface area contributed by atoms with Gasteiger partial charge in [-0.3, -0.25) is 0 Å². The summed E-state index contributed by atoms with van der Waals surface area (Å²) in [5, 5.41) is 0. The Morgan fingerprint density at radius 2 is 1.90 bits per heavy atom. The largest absolute Gasteiger partial charge is 0.366 e. The summed E-state index contributed by atoms with van der Waals surface area (Å²) in [6.45, 7) is 5.20. The predicted molar refractivity (Wildman–Crippen MR) is 79.5 cm³/mol. The minimum absolute atomic E-state index is 0.00782. The monoisotopic (exact) mass is 344 g/mol. The SMILES string of the molecule is CC1(C)CN(C2CCC(F)(F)CC2)c2ccc(Br)nc21. The fourth-order valence-electron chi connectivity index (χ4n) is 3.41. The Morgan fingerprint density at radius 3 is 2.55 bits per heavy atom. The van der Waals surface area contributed by atoms with E-state index in [1.807, 2.05) is 6.07 Å². The molecular weight excluding hydrogens is 326 g/mol. The van der Waals surface area contributed by atoms with Gasteiger partial charge in [-0.25, -0.2) is 13.8 Å². The van der Waals surface area contributed by atoms with E-state index in [9.17, 15) is 8.78 Å². The second kappa shape index (κ2) is 4.65. The summed E-state index contributed by atoms with van der Waals surface area (Å²) in [4.78, 5) is 6.90. The first-order valence-corrected chi connectivity index (χ1v) is 7.89. The van der Waals surface area contributed by atoms with E-state index in [2.05, 4.69) is 45.7 Å². The van der Waals surface area contributed by atoms with E-state index >= 15 is 0 Å². The summed E-state index contributed by atoms with van der Waals surface area (Å²) in [6, 6.07) is 4.22. The zero-order valence-corrected chi connectivity index (χ0v) is 13.4. The Morgan fingerprint density at radius 1 is 1.25 bits per heavy atom. The second-order valence-corrected chi connectivity index (χ2v) is 7.41. The number of anilines is 1. The highest BCUT2D eigenvalue weighted by Crippen LogP contribution is 2.44. The molecule has 110 valence electrons. The van der Waals surface area contributed by atoms with Gasteiger partial charge < -0.3 is 4.90 Å². The predicted octanol–water partition coefficient (Wildman–Crippen LogP) is 4.52. The maximum absolute atomic E-state index is 13.3. The molecule has 1 fully saturated rings. The van der Waals surface area contributed by atoms with E-state index in [0.717, 1.165) is 22.5 Å². The topological polar surface area (TPSA) is 16.1 Å². The smallest absolute Gasteiger partial charge is 0.248 e. The highest BCUT2D eigenvalue weighted by Gasteiger charge is 2.43. The van der Waals surface area contributed by atoms with Gasteiger partial charge in [0.25, 0.3) is 0 Å². The fourth-order valence-corrected chi connectivity index (χ4v) is 3.72. The number of nitrogens with zero attached hydrogens (tertiary/aromatic N) is 2. The molecule has 2 heterocycles. The first-order chi connectivity index (χ1) is 9.28. The summed E-state index contributed by atoms with van der Waals surface area (Å²) in [7, 11) is 0. The molecule has 2 aliphatic rings. The molecule has 0 bridgehead atoms. The summed E-state index contributed by atoms with van der Waals surface area (Å²) in [5.41, 5.74) is 2.16. The van der Waals surface area contributed by atoms with Gasteiger partial charge in [-0.05, 0) is 40.9 Å². The van der Waals surface area contributed by atoms with Crippen LogP contribution >= 0.6 is 15.9 Å². The van der Waals surface area contributed by atoms with Crippen molar-refractivity contribution in [2.45, 2.75) is 56.9 Å². The van der Waals surface area contributed by atoms with Crippen LogP contribution in [0.2, 0.25) is 0 Å². The molecule has 0 unspecified atom stereocenters. The molecule has 1 aliphatic carbocycles. The molecule has 1 saturated carbocycles. The lowest BCUT2D eigenvalue weighted by atomic mass is 9.90. The van der Waals surface area contributed by atoms with Crippen molar-refractivity contribution >= 4 is 21.6 Å². The Labute approximate surface area is 126 Å². The number of alkyl halides is 2. The van der Waals surface area contributed by atoms with Crippen LogP contribution in [0.15, 0.2) is 16.7 Å². The van der Waals surface area contributed by atoms with Crippen molar-refractivity contribution in [2.24, 2.45) is 0 Å². The van der Waals surface area contributed by atoms with Gasteiger partial charge in [0.15, 0.2) is 0 Å². The maximum Gasteiger partial charge on any atom is 0.248 e. The highest BCUT2D eigenvalue weighted by atomic mass is 79.9. The molecule has 5 heteroatoms. The quantitative estimate of drug-likeness (QED) is 0.696. The van der Waals surface area contributed by atoms with E-state index in [4.69, 9.17) is 0 Å². The van der Waals surface area contributed by atoms with Gasteiger partial charge in [0.2, 0.25) is 5.92 Å². The van der Waals surface area contributed by atoms with Gasteiger partial charge in [-0.2, -0.15) is 0 Å². The van der Waals surface area contributed by atoms with Crippen molar-refractivity contribution in [1.82, 2.24) is 4.98 Å². The second-order valence-electron chi connectivity index (χ2n) is 6.60. The number of aromatic nitrogens is 1. The van der Waals surface area contributed by atoms with Crippen LogP contribution in [0.1, 0.15) is 45.2 Å². The molecule has 1 aliphatic heterocycles. The third kappa shape index (κ3) is 2.45. The van der Waals surface area contributed by atoms with E-state index < -0.39 is 5.92 Å². The summed E-state index contributed by atoms with van der Waals surface area (Å²) in [6.07, 6.45) is 1.15. The van der Waals surface area contributed by atoms with Crippen LogP contribution in [0.25, 0.3) is 0 Å². The van der Waals surface area contributed by atoms with Crippen molar-refractivity contribution in [3.63, 3.8) is 0 Å². The van der Waals surface area contributed by atoms with Crippen LogP contribution in [0.5, 0.6) is 0 Å². The zero-order valence-electron chi connectivity index (χ0n) is 11.8. The van der Waals surface area contributed by atoms with Gasteiger partial charge in [0.1, 0.15) is 4.60 Å². The van der Waals surface area contributed by atoms with Gasteiger partial charge in [-0.1, -0.05) is 13.8 Å². The lowest BCUT2D eigenvalue weighted by Crippen LogP contribution is -2.42. The zero-order chi connectivity index (χ0) is 14.5. The molecule has 0 atom stereocenters. The number of hydrogen-bond acceptors (Lipinski definition) is 2. The lowest BCUT2D eigenvalue weighted by Gasteiger charge is -2.36. The summed E-state index contributed by atoms with van der Waals surface area (Å²) >= 11 is 3.42. The van der Waals surface area contributed by atoms with Crippen molar-refractivity contribution in [3.05, 3.63) is 22.4 Å². The van der Waals surface area contributed by atoms with Gasteiger partial charge in [0, 0.05) is 30.8 Å². The Bertz CT molecular complexity index is 521. The molecule has 3 rings (SSSR count). The molecule has 0 N–H and O–H groups in total. The van der Waals surface area contributed by atoms with Crippen LogP contribution in [0, 0.1) is 0 Å². The number of fused-ring (bicyclic) bond motifs is 1. The standard InChI is InChI=1S/C15H19BrF2N2/c1-14(2)9-20(10-5-7-15(17,18)8-6-10)11-3-4-12(16)19-13(11)14/h3-4,10H,5-9H2,1-2H3. The van der Waals surface area contributed by atoms with Gasteiger partial charge >= 0.3 is 0 Å². The minimum Gasteiger partial charge on any atom is -0.366 e. The van der Waals surface area contributed by atoms with Crippen LogP contribution < -0.4 is 4.90 Å². The van der Waals surface area contributed by atoms with Crippen LogP contribution in [-0.2, 0) is 5.41 Å². The third-order valence-corrected chi connectivity index (χ3v) is 4.93. The first-order valence-electron chi connectivity index (χ1n) is 7.10. The normalized spacial score (nSPS) is 24.8. The van der Waals surface area contributed by atoms with E-state index in [1.54, 1.807) is 0 Å². The molecule has 0 saturated heterocycles. The number of pyridine rings is 1. The van der Waals surface area contributed by atoms with Crippen LogP contribution in [0.4, 0.5) is 14.5 Å². The first kappa shape index (κ1) is 14.2. The van der Waals surface area contributed by atoms with Gasteiger partial charge in [-0.15, -0.1) is 0 Å². The summed E-state index contributed by atoms with van der Waals surface area (Å²) < 4.78 is 27.5. The fraction of sp³-hybridized carbons (Fsp3) is 0.667. The molecular formula is C15H19BrF2N2. The molecule has 20 heavy (non-hydrogen) atoms. The Hall–Kier alpha value is -0.710. The molecule has 2 nitrogen and oxygen atoms in total. The molecule has 0 spiro atoms. The molecule has 1 aromatic heterocycles. The van der Waals surface area contributed by atoms with Crippen molar-refractivity contribution in [3.8, 4) is 0 Å². The lowest BCUT2D eigenvalue weighted by molar-refractivity contribution is -0.0381. The molecule has 0 amide bonds. The van der Waals surface area contributed by atoms with Crippen molar-refractivity contribution in [2.75, 3.05) is 11.4 Å². The number of hydrogen-bond donors (Lipinski definition) is 0. The number of rotatable bonds is 1. The number of halogens is 3. The van der Waals surface area contributed by atoms with Crippen molar-refractivity contribution < 1.29 is 8.78 Å². The Kier molecular flexibility index (Phi) is 3.31. The average Bonchev–Trinajstić information content (AvgIpc) is 2.61. The van der Waals surface area contributed by atoms with Crippen molar-refractivity contribution in [1.29, 1.82) is 0 Å². The van der Waals surface area contributed by atoms with Crippen LogP contribution in [-0.4, -0.2) is 23.5 Å². The minimum atomic E-state index is -2.47. The molecule has 1 aromatic rings. The third-order valence-electron chi connectivity index (χ3n) is 4.48. The average molecular weight is 345 g/mol. The van der Waals surface area contributed by atoms with Crippen LogP contribution in [0.3, 0.4) is 0 Å². The van der Waals surface area contributed by atoms with E-state index in [1.165, 1.54) is 0 Å².